The Balaban J connectivity index is 1.74. The van der Waals surface area contributed by atoms with Gasteiger partial charge in [-0.15, -0.1) is 0 Å². The maximum absolute atomic E-state index is 12.8. The van der Waals surface area contributed by atoms with Gasteiger partial charge in [0.05, 0.1) is 5.41 Å². The first-order chi connectivity index (χ1) is 9.32. The van der Waals surface area contributed by atoms with Crippen LogP contribution in [0.2, 0.25) is 0 Å². The topological polar surface area (TPSA) is 26.3 Å². The second-order valence-corrected chi connectivity index (χ2v) is 7.04. The molecule has 0 saturated heterocycles. The lowest BCUT2D eigenvalue weighted by molar-refractivity contribution is -0.232. The van der Waals surface area contributed by atoms with E-state index in [1.54, 1.807) is 0 Å². The van der Waals surface area contributed by atoms with E-state index in [0.717, 1.165) is 38.5 Å². The molecule has 0 aromatic carbocycles. The average molecular weight is 290 g/mol. The predicted octanol–water partition coefficient (Wildman–Crippen LogP) is 4.09. The van der Waals surface area contributed by atoms with Gasteiger partial charge in [-0.1, -0.05) is 6.92 Å². The summed E-state index contributed by atoms with van der Waals surface area (Å²) in [7, 11) is 0. The van der Waals surface area contributed by atoms with Crippen molar-refractivity contribution in [3.05, 3.63) is 0 Å². The lowest BCUT2D eigenvalue weighted by Crippen LogP contribution is -2.52. The first-order valence-electron chi connectivity index (χ1n) is 7.60. The van der Waals surface area contributed by atoms with E-state index in [-0.39, 0.29) is 6.42 Å². The number of esters is 1. The third-order valence-electron chi connectivity index (χ3n) is 5.46. The van der Waals surface area contributed by atoms with Crippen LogP contribution >= 0.6 is 0 Å². The van der Waals surface area contributed by atoms with E-state index < -0.39 is 23.7 Å². The highest BCUT2D eigenvalue weighted by molar-refractivity contribution is 5.77. The largest absolute Gasteiger partial charge is 0.452 e. The SMILES string of the molecule is CCC(OC(=O)C12CC3CC(CC(C3)C1)C2)C(F)(F)F. The first kappa shape index (κ1) is 14.2. The number of ether oxygens (including phenoxy) is 1. The normalized spacial score (nSPS) is 40.7. The molecule has 0 aromatic heterocycles. The lowest BCUT2D eigenvalue weighted by Gasteiger charge is -2.55. The summed E-state index contributed by atoms with van der Waals surface area (Å²) in [6, 6.07) is 0. The Bertz CT molecular complexity index is 367. The van der Waals surface area contributed by atoms with Crippen LogP contribution in [-0.4, -0.2) is 18.2 Å². The fourth-order valence-corrected chi connectivity index (χ4v) is 5.00. The molecule has 4 rings (SSSR count). The van der Waals surface area contributed by atoms with Crippen LogP contribution in [0.3, 0.4) is 0 Å². The molecular weight excluding hydrogens is 269 g/mol. The van der Waals surface area contributed by atoms with Crippen LogP contribution in [0, 0.1) is 23.2 Å². The maximum atomic E-state index is 12.8. The van der Waals surface area contributed by atoms with Gasteiger partial charge in [-0.3, -0.25) is 4.79 Å². The van der Waals surface area contributed by atoms with E-state index in [4.69, 9.17) is 4.74 Å². The van der Waals surface area contributed by atoms with Gasteiger partial charge in [-0.05, 0) is 62.7 Å². The molecule has 0 radical (unpaired) electrons. The van der Waals surface area contributed by atoms with Crippen LogP contribution in [0.25, 0.3) is 0 Å². The lowest BCUT2D eigenvalue weighted by atomic mass is 9.49. The number of hydrogen-bond acceptors (Lipinski definition) is 2. The number of hydrogen-bond donors (Lipinski definition) is 0. The Kier molecular flexibility index (Phi) is 3.29. The van der Waals surface area contributed by atoms with Crippen LogP contribution in [0.1, 0.15) is 51.9 Å². The van der Waals surface area contributed by atoms with Crippen molar-refractivity contribution in [2.45, 2.75) is 64.1 Å². The zero-order valence-electron chi connectivity index (χ0n) is 11.7. The molecule has 0 N–H and O–H groups in total. The van der Waals surface area contributed by atoms with Crippen LogP contribution in [-0.2, 0) is 9.53 Å². The zero-order valence-corrected chi connectivity index (χ0v) is 11.7. The van der Waals surface area contributed by atoms with E-state index >= 15 is 0 Å². The Morgan fingerprint density at radius 1 is 1.15 bits per heavy atom. The fourth-order valence-electron chi connectivity index (χ4n) is 5.00. The molecule has 4 aliphatic carbocycles. The van der Waals surface area contributed by atoms with Gasteiger partial charge in [0.25, 0.3) is 0 Å². The summed E-state index contributed by atoms with van der Waals surface area (Å²) < 4.78 is 43.2. The standard InChI is InChI=1S/C15H21F3O2/c1-2-12(15(16,17)18)20-13(19)14-6-9-3-10(7-14)5-11(4-9)8-14/h9-12H,2-8H2,1H3. The molecule has 0 amide bonds. The van der Waals surface area contributed by atoms with E-state index in [1.165, 1.54) is 6.92 Å². The molecule has 4 saturated carbocycles. The van der Waals surface area contributed by atoms with Crippen LogP contribution in [0.5, 0.6) is 0 Å². The van der Waals surface area contributed by atoms with Crippen LogP contribution in [0.4, 0.5) is 13.2 Å². The van der Waals surface area contributed by atoms with Crippen molar-refractivity contribution in [1.29, 1.82) is 0 Å². The Morgan fingerprint density at radius 3 is 1.95 bits per heavy atom. The van der Waals surface area contributed by atoms with E-state index in [0.29, 0.717) is 17.8 Å². The molecule has 4 bridgehead atoms. The molecule has 0 heterocycles. The second kappa shape index (κ2) is 4.63. The minimum absolute atomic E-state index is 0.207. The Labute approximate surface area is 117 Å². The van der Waals surface area contributed by atoms with Crippen molar-refractivity contribution in [3.63, 3.8) is 0 Å². The third kappa shape index (κ3) is 2.33. The number of carbonyl (C=O) groups excluding carboxylic acids is 1. The molecule has 4 aliphatic rings. The molecule has 1 unspecified atom stereocenters. The molecule has 4 fully saturated rings. The van der Waals surface area contributed by atoms with Gasteiger partial charge in [0.2, 0.25) is 0 Å². The van der Waals surface area contributed by atoms with Crippen LogP contribution in [0.15, 0.2) is 0 Å². The molecule has 114 valence electrons. The van der Waals surface area contributed by atoms with Gasteiger partial charge in [0.15, 0.2) is 6.10 Å². The number of alkyl halides is 3. The molecule has 2 nitrogen and oxygen atoms in total. The van der Waals surface area contributed by atoms with Crippen molar-refractivity contribution in [2.75, 3.05) is 0 Å². The summed E-state index contributed by atoms with van der Waals surface area (Å²) in [6.07, 6.45) is -0.906. The third-order valence-corrected chi connectivity index (χ3v) is 5.46. The summed E-state index contributed by atoms with van der Waals surface area (Å²) in [5, 5.41) is 0. The van der Waals surface area contributed by atoms with Gasteiger partial charge in [-0.25, -0.2) is 0 Å². The van der Waals surface area contributed by atoms with Crippen molar-refractivity contribution in [2.24, 2.45) is 23.2 Å². The summed E-state index contributed by atoms with van der Waals surface area (Å²) in [5.74, 6) is 1.00. The number of halogens is 3. The van der Waals surface area contributed by atoms with Crippen molar-refractivity contribution >= 4 is 5.97 Å². The van der Waals surface area contributed by atoms with Gasteiger partial charge >= 0.3 is 12.1 Å². The highest BCUT2D eigenvalue weighted by atomic mass is 19.4. The summed E-state index contributed by atoms with van der Waals surface area (Å²) in [4.78, 5) is 12.4. The van der Waals surface area contributed by atoms with Gasteiger partial charge in [0.1, 0.15) is 0 Å². The quantitative estimate of drug-likeness (QED) is 0.732. The Hall–Kier alpha value is -0.740. The first-order valence-corrected chi connectivity index (χ1v) is 7.60. The van der Waals surface area contributed by atoms with Crippen molar-refractivity contribution < 1.29 is 22.7 Å². The number of carbonyl (C=O) groups is 1. The summed E-state index contributed by atoms with van der Waals surface area (Å²) in [5.41, 5.74) is -0.604. The minimum atomic E-state index is -4.45. The van der Waals surface area contributed by atoms with Gasteiger partial charge in [0, 0.05) is 0 Å². The van der Waals surface area contributed by atoms with Gasteiger partial charge < -0.3 is 4.74 Å². The molecule has 0 aromatic rings. The number of rotatable bonds is 3. The molecule has 5 heteroatoms. The van der Waals surface area contributed by atoms with Crippen molar-refractivity contribution in [3.8, 4) is 0 Å². The van der Waals surface area contributed by atoms with E-state index in [2.05, 4.69) is 0 Å². The monoisotopic (exact) mass is 290 g/mol. The second-order valence-electron chi connectivity index (χ2n) is 7.04. The predicted molar refractivity (Wildman–Crippen MR) is 66.8 cm³/mol. The highest BCUT2D eigenvalue weighted by Gasteiger charge is 2.56. The van der Waals surface area contributed by atoms with Gasteiger partial charge in [-0.2, -0.15) is 13.2 Å². The molecule has 0 spiro atoms. The van der Waals surface area contributed by atoms with E-state index in [9.17, 15) is 18.0 Å². The minimum Gasteiger partial charge on any atom is -0.452 e. The van der Waals surface area contributed by atoms with E-state index in [1.807, 2.05) is 0 Å². The van der Waals surface area contributed by atoms with Crippen LogP contribution < -0.4 is 0 Å². The molecule has 0 aliphatic heterocycles. The Morgan fingerprint density at radius 2 is 1.60 bits per heavy atom. The smallest absolute Gasteiger partial charge is 0.425 e. The average Bonchev–Trinajstić information content (AvgIpc) is 2.32. The molecular formula is C15H21F3O2. The summed E-state index contributed by atoms with van der Waals surface area (Å²) >= 11 is 0. The zero-order chi connectivity index (χ0) is 14.5. The fraction of sp³-hybridized carbons (Fsp3) is 0.933. The summed E-state index contributed by atoms with van der Waals surface area (Å²) in [6.45, 7) is 1.41. The van der Waals surface area contributed by atoms with Crippen molar-refractivity contribution in [1.82, 2.24) is 0 Å². The molecule has 20 heavy (non-hydrogen) atoms. The molecule has 1 atom stereocenters. The maximum Gasteiger partial charge on any atom is 0.425 e. The highest BCUT2D eigenvalue weighted by Crippen LogP contribution is 2.60.